The Hall–Kier alpha value is -1.25. The summed E-state index contributed by atoms with van der Waals surface area (Å²) >= 11 is 0. The minimum atomic E-state index is -0.770. The van der Waals surface area contributed by atoms with Gasteiger partial charge in [-0.2, -0.15) is 0 Å². The smallest absolute Gasteiger partial charge is 0.172 e. The van der Waals surface area contributed by atoms with Gasteiger partial charge < -0.3 is 0 Å². The molecule has 1 aliphatic rings. The van der Waals surface area contributed by atoms with Crippen molar-refractivity contribution in [2.75, 3.05) is 0 Å². The third-order valence-corrected chi connectivity index (χ3v) is 4.49. The fraction of sp³-hybridized carbons (Fsp3) is 0.500. The number of carbonyl (C=O) groups is 1. The van der Waals surface area contributed by atoms with Crippen LogP contribution in [-0.2, 0) is 0 Å². The van der Waals surface area contributed by atoms with Crippen LogP contribution < -0.4 is 0 Å². The molecule has 0 heterocycles. The lowest BCUT2D eigenvalue weighted by atomic mass is 10.0. The van der Waals surface area contributed by atoms with E-state index in [0.29, 0.717) is 0 Å². The zero-order valence-corrected chi connectivity index (χ0v) is 10.5. The molecule has 0 aromatic heterocycles. The largest absolute Gasteiger partial charge is 0.294 e. The molecule has 0 atom stereocenters. The van der Waals surface area contributed by atoms with E-state index in [4.69, 9.17) is 0 Å². The summed E-state index contributed by atoms with van der Waals surface area (Å²) in [7, 11) is 0. The molecule has 1 aromatic rings. The van der Waals surface area contributed by atoms with Crippen molar-refractivity contribution in [3.05, 3.63) is 35.4 Å². The van der Waals surface area contributed by atoms with E-state index in [1.54, 1.807) is 0 Å². The Morgan fingerprint density at radius 2 is 1.47 bits per heavy atom. The minimum absolute atomic E-state index is 0.210. The monoisotopic (exact) mass is 238 g/mol. The summed E-state index contributed by atoms with van der Waals surface area (Å²) in [5.74, 6) is -2.28. The van der Waals surface area contributed by atoms with Gasteiger partial charge in [0.05, 0.1) is 5.56 Å². The summed E-state index contributed by atoms with van der Waals surface area (Å²) in [5, 5.41) is 0. The van der Waals surface area contributed by atoms with E-state index in [-0.39, 0.29) is 16.7 Å². The number of Topliss-reactive ketones (excluding diaryl/α,β-unsaturated/α-hetero) is 1. The maximum Gasteiger partial charge on any atom is 0.172 e. The number of hydrogen-bond acceptors (Lipinski definition) is 1. The highest BCUT2D eigenvalue weighted by atomic mass is 19.1. The molecule has 1 fully saturated rings. The maximum absolute atomic E-state index is 13.5. The molecular weight excluding hydrogens is 222 g/mol. The molecule has 0 unspecified atom stereocenters. The van der Waals surface area contributed by atoms with Gasteiger partial charge in [0.2, 0.25) is 0 Å². The quantitative estimate of drug-likeness (QED) is 0.716. The van der Waals surface area contributed by atoms with Crippen LogP contribution in [0.4, 0.5) is 8.78 Å². The van der Waals surface area contributed by atoms with Gasteiger partial charge in [0.25, 0.3) is 0 Å². The average Bonchev–Trinajstić information content (AvgIpc) is 2.56. The van der Waals surface area contributed by atoms with Crippen molar-refractivity contribution in [1.82, 2.24) is 0 Å². The predicted molar refractivity (Wildman–Crippen MR) is 61.7 cm³/mol. The molecule has 1 aliphatic carbocycles. The topological polar surface area (TPSA) is 17.1 Å². The van der Waals surface area contributed by atoms with E-state index in [1.165, 1.54) is 6.07 Å². The Bertz CT molecular complexity index is 455. The molecule has 1 aromatic carbocycles. The van der Waals surface area contributed by atoms with Crippen LogP contribution in [0, 0.1) is 28.4 Å². The first kappa shape index (κ1) is 12.2. The first-order valence-electron chi connectivity index (χ1n) is 5.69. The maximum atomic E-state index is 13.5. The van der Waals surface area contributed by atoms with Gasteiger partial charge in [0.1, 0.15) is 11.6 Å². The van der Waals surface area contributed by atoms with E-state index >= 15 is 0 Å². The summed E-state index contributed by atoms with van der Waals surface area (Å²) < 4.78 is 27.1. The van der Waals surface area contributed by atoms with Crippen molar-refractivity contribution in [1.29, 1.82) is 0 Å². The van der Waals surface area contributed by atoms with Crippen LogP contribution in [0.1, 0.15) is 38.1 Å². The lowest BCUT2D eigenvalue weighted by molar-refractivity contribution is 0.0936. The van der Waals surface area contributed by atoms with Gasteiger partial charge in [-0.25, -0.2) is 8.78 Å². The third kappa shape index (κ3) is 1.52. The molecule has 0 aliphatic heterocycles. The summed E-state index contributed by atoms with van der Waals surface area (Å²) in [6.07, 6.45) is 0. The van der Waals surface area contributed by atoms with Crippen LogP contribution in [0.25, 0.3) is 0 Å². The van der Waals surface area contributed by atoms with Gasteiger partial charge in [0.15, 0.2) is 5.78 Å². The Kier molecular flexibility index (Phi) is 2.42. The standard InChI is InChI=1S/C14H16F2O/c1-13(2)12(14(13,3)4)11(17)10-8(15)6-5-7-9(10)16/h5-7,12H,1-4H3. The second-order valence-electron chi connectivity index (χ2n) is 5.84. The molecule has 0 bridgehead atoms. The lowest BCUT2D eigenvalue weighted by Gasteiger charge is -2.05. The molecule has 2 rings (SSSR count). The first-order valence-corrected chi connectivity index (χ1v) is 5.69. The van der Waals surface area contributed by atoms with Crippen LogP contribution in [0.3, 0.4) is 0 Å². The average molecular weight is 238 g/mol. The second-order valence-corrected chi connectivity index (χ2v) is 5.84. The normalized spacial score (nSPS) is 21.3. The molecule has 17 heavy (non-hydrogen) atoms. The summed E-state index contributed by atoms with van der Waals surface area (Å²) in [6.45, 7) is 7.81. The van der Waals surface area contributed by atoms with Gasteiger partial charge in [-0.15, -0.1) is 0 Å². The van der Waals surface area contributed by atoms with E-state index in [1.807, 2.05) is 27.7 Å². The second kappa shape index (κ2) is 3.37. The van der Waals surface area contributed by atoms with Crippen molar-refractivity contribution >= 4 is 5.78 Å². The van der Waals surface area contributed by atoms with Gasteiger partial charge >= 0.3 is 0 Å². The number of ketones is 1. The Morgan fingerprint density at radius 3 is 1.82 bits per heavy atom. The first-order chi connectivity index (χ1) is 7.71. The number of benzene rings is 1. The lowest BCUT2D eigenvalue weighted by Crippen LogP contribution is -2.12. The molecule has 1 saturated carbocycles. The van der Waals surface area contributed by atoms with Crippen LogP contribution >= 0.6 is 0 Å². The predicted octanol–water partition coefficient (Wildman–Crippen LogP) is 3.83. The van der Waals surface area contributed by atoms with E-state index in [9.17, 15) is 13.6 Å². The molecule has 0 N–H and O–H groups in total. The molecule has 0 radical (unpaired) electrons. The van der Waals surface area contributed by atoms with Gasteiger partial charge in [-0.05, 0) is 23.0 Å². The molecular formula is C14H16F2O. The molecule has 0 saturated heterocycles. The zero-order valence-electron chi connectivity index (χ0n) is 10.5. The molecule has 92 valence electrons. The number of halogens is 2. The Morgan fingerprint density at radius 1 is 1.06 bits per heavy atom. The minimum Gasteiger partial charge on any atom is -0.294 e. The molecule has 0 spiro atoms. The number of carbonyl (C=O) groups excluding carboxylic acids is 1. The van der Waals surface area contributed by atoms with Gasteiger partial charge in [-0.1, -0.05) is 33.8 Å². The van der Waals surface area contributed by atoms with Crippen molar-refractivity contribution in [2.24, 2.45) is 16.7 Å². The summed E-state index contributed by atoms with van der Waals surface area (Å²) in [5.41, 5.74) is -0.811. The summed E-state index contributed by atoms with van der Waals surface area (Å²) in [4.78, 5) is 12.2. The van der Waals surface area contributed by atoms with E-state index in [2.05, 4.69) is 0 Å². The van der Waals surface area contributed by atoms with Crippen molar-refractivity contribution in [3.8, 4) is 0 Å². The fourth-order valence-corrected chi connectivity index (χ4v) is 2.73. The SMILES string of the molecule is CC1(C)C(C(=O)c2c(F)cccc2F)C1(C)C. The Balaban J connectivity index is 2.42. The number of rotatable bonds is 2. The Labute approximate surface area is 99.8 Å². The third-order valence-electron chi connectivity index (χ3n) is 4.49. The molecule has 1 nitrogen and oxygen atoms in total. The van der Waals surface area contributed by atoms with Crippen molar-refractivity contribution < 1.29 is 13.6 Å². The zero-order chi connectivity index (χ0) is 13.0. The fourth-order valence-electron chi connectivity index (χ4n) is 2.73. The summed E-state index contributed by atoms with van der Waals surface area (Å²) in [6, 6.07) is 3.52. The highest BCUT2D eigenvalue weighted by Gasteiger charge is 2.68. The highest BCUT2D eigenvalue weighted by molar-refractivity contribution is 6.01. The van der Waals surface area contributed by atoms with Crippen molar-refractivity contribution in [2.45, 2.75) is 27.7 Å². The highest BCUT2D eigenvalue weighted by Crippen LogP contribution is 2.69. The molecule has 3 heteroatoms. The van der Waals surface area contributed by atoms with Crippen molar-refractivity contribution in [3.63, 3.8) is 0 Å². The molecule has 0 amide bonds. The van der Waals surface area contributed by atoms with Gasteiger partial charge in [0, 0.05) is 5.92 Å². The van der Waals surface area contributed by atoms with E-state index < -0.39 is 23.0 Å². The number of hydrogen-bond donors (Lipinski definition) is 0. The van der Waals surface area contributed by atoms with E-state index in [0.717, 1.165) is 12.1 Å². The van der Waals surface area contributed by atoms with Crippen LogP contribution in [-0.4, -0.2) is 5.78 Å². The van der Waals surface area contributed by atoms with Crippen LogP contribution in [0.15, 0.2) is 18.2 Å². The van der Waals surface area contributed by atoms with Crippen LogP contribution in [0.5, 0.6) is 0 Å². The van der Waals surface area contributed by atoms with Gasteiger partial charge in [-0.3, -0.25) is 4.79 Å². The van der Waals surface area contributed by atoms with Crippen LogP contribution in [0.2, 0.25) is 0 Å².